The number of amides is 1. The topological polar surface area (TPSA) is 85.4 Å². The number of hydrogen-bond acceptors (Lipinski definition) is 6. The third-order valence-corrected chi connectivity index (χ3v) is 3.90. The second-order valence-electron chi connectivity index (χ2n) is 6.13. The van der Waals surface area contributed by atoms with Crippen molar-refractivity contribution in [2.45, 2.75) is 6.92 Å². The number of carbonyl (C=O) groups excluding carboxylic acids is 1. The summed E-state index contributed by atoms with van der Waals surface area (Å²) in [5, 5.41) is 5.72. The molecule has 0 aliphatic heterocycles. The first-order valence-electron chi connectivity index (χ1n) is 8.97. The number of rotatable bonds is 8. The quantitative estimate of drug-likeness (QED) is 0.567. The van der Waals surface area contributed by atoms with Crippen molar-refractivity contribution in [2.24, 2.45) is 0 Å². The van der Waals surface area contributed by atoms with Crippen LogP contribution in [-0.2, 0) is 0 Å². The number of carbonyl (C=O) groups is 1. The van der Waals surface area contributed by atoms with Crippen LogP contribution in [0.3, 0.4) is 0 Å². The van der Waals surface area contributed by atoms with Gasteiger partial charge in [0.05, 0.1) is 13.7 Å². The second kappa shape index (κ2) is 9.50. The highest BCUT2D eigenvalue weighted by molar-refractivity contribution is 5.92. The molecule has 0 unspecified atom stereocenters. The fourth-order valence-corrected chi connectivity index (χ4v) is 2.50. The van der Waals surface area contributed by atoms with Crippen LogP contribution in [0.4, 0.5) is 16.0 Å². The number of halogens is 1. The van der Waals surface area contributed by atoms with Gasteiger partial charge in [-0.15, -0.1) is 0 Å². The Bertz CT molecular complexity index is 963. The van der Waals surface area contributed by atoms with Crippen molar-refractivity contribution in [3.05, 3.63) is 71.8 Å². The molecule has 0 saturated heterocycles. The summed E-state index contributed by atoms with van der Waals surface area (Å²) in [4.78, 5) is 20.9. The molecule has 2 aromatic carbocycles. The van der Waals surface area contributed by atoms with Gasteiger partial charge in [-0.1, -0.05) is 0 Å². The van der Waals surface area contributed by atoms with E-state index in [4.69, 9.17) is 9.47 Å². The Labute approximate surface area is 167 Å². The molecule has 29 heavy (non-hydrogen) atoms. The van der Waals surface area contributed by atoms with Crippen molar-refractivity contribution in [1.29, 1.82) is 0 Å². The summed E-state index contributed by atoms with van der Waals surface area (Å²) in [6.07, 6.45) is 0. The molecular formula is C21H21FN4O3. The molecule has 0 atom stereocenters. The highest BCUT2D eigenvalue weighted by Crippen LogP contribution is 2.17. The number of aryl methyl sites for hydroxylation is 1. The number of anilines is 2. The monoisotopic (exact) mass is 396 g/mol. The molecule has 150 valence electrons. The summed E-state index contributed by atoms with van der Waals surface area (Å²) in [6, 6.07) is 14.6. The number of nitrogens with zero attached hydrogens (tertiary/aromatic N) is 2. The number of aromatic nitrogens is 2. The standard InChI is InChI=1S/C21H21FN4O3/c1-14-13-19(26-21(24-14)25-16-5-3-15(22)4-6-16)20(27)23-11-12-29-18-9-7-17(28-2)8-10-18/h3-10,13H,11-12H2,1-2H3,(H,23,27)(H,24,25,26). The largest absolute Gasteiger partial charge is 0.497 e. The van der Waals surface area contributed by atoms with Gasteiger partial charge in [0.1, 0.15) is 29.6 Å². The van der Waals surface area contributed by atoms with Crippen molar-refractivity contribution < 1.29 is 18.7 Å². The fraction of sp³-hybridized carbons (Fsp3) is 0.190. The molecule has 1 heterocycles. The molecule has 1 amide bonds. The van der Waals surface area contributed by atoms with Gasteiger partial charge in [0.2, 0.25) is 5.95 Å². The summed E-state index contributed by atoms with van der Waals surface area (Å²) in [5.41, 5.74) is 1.48. The molecule has 8 heteroatoms. The third-order valence-electron chi connectivity index (χ3n) is 3.90. The smallest absolute Gasteiger partial charge is 0.270 e. The van der Waals surface area contributed by atoms with Crippen LogP contribution < -0.4 is 20.1 Å². The number of benzene rings is 2. The van der Waals surface area contributed by atoms with Crippen molar-refractivity contribution in [1.82, 2.24) is 15.3 Å². The number of nitrogens with one attached hydrogen (secondary N) is 2. The second-order valence-corrected chi connectivity index (χ2v) is 6.13. The van der Waals surface area contributed by atoms with E-state index < -0.39 is 0 Å². The molecular weight excluding hydrogens is 375 g/mol. The lowest BCUT2D eigenvalue weighted by atomic mass is 10.3. The molecule has 0 saturated carbocycles. The van der Waals surface area contributed by atoms with E-state index in [1.807, 2.05) is 0 Å². The molecule has 3 aromatic rings. The van der Waals surface area contributed by atoms with E-state index in [0.717, 1.165) is 5.75 Å². The average molecular weight is 396 g/mol. The van der Waals surface area contributed by atoms with E-state index in [0.29, 0.717) is 30.3 Å². The number of hydrogen-bond donors (Lipinski definition) is 2. The maximum absolute atomic E-state index is 13.0. The normalized spacial score (nSPS) is 10.3. The van der Waals surface area contributed by atoms with Gasteiger partial charge in [-0.05, 0) is 61.5 Å². The molecule has 2 N–H and O–H groups in total. The van der Waals surface area contributed by atoms with E-state index in [1.54, 1.807) is 56.5 Å². The SMILES string of the molecule is COc1ccc(OCCNC(=O)c2cc(C)nc(Nc3ccc(F)cc3)n2)cc1. The van der Waals surface area contributed by atoms with E-state index in [1.165, 1.54) is 12.1 Å². The van der Waals surface area contributed by atoms with Crippen LogP contribution in [0.15, 0.2) is 54.6 Å². The van der Waals surface area contributed by atoms with Gasteiger partial charge in [-0.3, -0.25) is 4.79 Å². The maximum Gasteiger partial charge on any atom is 0.270 e. The molecule has 0 aliphatic carbocycles. The Balaban J connectivity index is 1.54. The first-order valence-corrected chi connectivity index (χ1v) is 8.97. The summed E-state index contributed by atoms with van der Waals surface area (Å²) < 4.78 is 23.7. The van der Waals surface area contributed by atoms with Crippen LogP contribution in [0.5, 0.6) is 11.5 Å². The lowest BCUT2D eigenvalue weighted by molar-refractivity contribution is 0.0942. The zero-order valence-electron chi connectivity index (χ0n) is 16.1. The summed E-state index contributed by atoms with van der Waals surface area (Å²) in [5.74, 6) is 1.02. The van der Waals surface area contributed by atoms with Crippen LogP contribution in [-0.4, -0.2) is 36.1 Å². The van der Waals surface area contributed by atoms with E-state index in [9.17, 15) is 9.18 Å². The van der Waals surface area contributed by atoms with Crippen molar-refractivity contribution in [3.8, 4) is 11.5 Å². The highest BCUT2D eigenvalue weighted by atomic mass is 19.1. The van der Waals surface area contributed by atoms with Crippen LogP contribution >= 0.6 is 0 Å². The summed E-state index contributed by atoms with van der Waals surface area (Å²) >= 11 is 0. The first kappa shape index (κ1) is 20.1. The summed E-state index contributed by atoms with van der Waals surface area (Å²) in [7, 11) is 1.60. The molecule has 7 nitrogen and oxygen atoms in total. The van der Waals surface area contributed by atoms with Gasteiger partial charge in [-0.2, -0.15) is 0 Å². The van der Waals surface area contributed by atoms with Gasteiger partial charge in [0.15, 0.2) is 0 Å². The van der Waals surface area contributed by atoms with Gasteiger partial charge >= 0.3 is 0 Å². The van der Waals surface area contributed by atoms with Crippen molar-refractivity contribution in [3.63, 3.8) is 0 Å². The Morgan fingerprint density at radius 2 is 1.72 bits per heavy atom. The molecule has 0 radical (unpaired) electrons. The summed E-state index contributed by atoms with van der Waals surface area (Å²) in [6.45, 7) is 2.39. The van der Waals surface area contributed by atoms with E-state index in [2.05, 4.69) is 20.6 Å². The first-order chi connectivity index (χ1) is 14.0. The number of ether oxygens (including phenoxy) is 2. The average Bonchev–Trinajstić information content (AvgIpc) is 2.73. The minimum absolute atomic E-state index is 0.228. The predicted octanol–water partition coefficient (Wildman–Crippen LogP) is 3.49. The van der Waals surface area contributed by atoms with Crippen LogP contribution in [0, 0.1) is 12.7 Å². The van der Waals surface area contributed by atoms with Crippen LogP contribution in [0.2, 0.25) is 0 Å². The van der Waals surface area contributed by atoms with Crippen LogP contribution in [0.1, 0.15) is 16.2 Å². The minimum atomic E-state index is -0.337. The molecule has 1 aromatic heterocycles. The third kappa shape index (κ3) is 5.90. The Hall–Kier alpha value is -3.68. The zero-order chi connectivity index (χ0) is 20.6. The Morgan fingerprint density at radius 1 is 1.03 bits per heavy atom. The Kier molecular flexibility index (Phi) is 6.57. The van der Waals surface area contributed by atoms with E-state index >= 15 is 0 Å². The van der Waals surface area contributed by atoms with Crippen LogP contribution in [0.25, 0.3) is 0 Å². The Morgan fingerprint density at radius 3 is 2.41 bits per heavy atom. The molecule has 0 bridgehead atoms. The lowest BCUT2D eigenvalue weighted by Crippen LogP contribution is -2.29. The maximum atomic E-state index is 13.0. The van der Waals surface area contributed by atoms with Crippen molar-refractivity contribution >= 4 is 17.5 Å². The van der Waals surface area contributed by atoms with Crippen molar-refractivity contribution in [2.75, 3.05) is 25.6 Å². The molecule has 0 spiro atoms. The van der Waals surface area contributed by atoms with Gasteiger partial charge in [0, 0.05) is 11.4 Å². The lowest BCUT2D eigenvalue weighted by Gasteiger charge is -2.10. The number of methoxy groups -OCH3 is 1. The zero-order valence-corrected chi connectivity index (χ0v) is 16.1. The minimum Gasteiger partial charge on any atom is -0.497 e. The molecule has 3 rings (SSSR count). The van der Waals surface area contributed by atoms with Gasteiger partial charge < -0.3 is 20.1 Å². The van der Waals surface area contributed by atoms with Gasteiger partial charge in [-0.25, -0.2) is 14.4 Å². The highest BCUT2D eigenvalue weighted by Gasteiger charge is 2.11. The molecule has 0 fully saturated rings. The van der Waals surface area contributed by atoms with Gasteiger partial charge in [0.25, 0.3) is 5.91 Å². The fourth-order valence-electron chi connectivity index (χ4n) is 2.50. The molecule has 0 aliphatic rings. The van der Waals surface area contributed by atoms with E-state index in [-0.39, 0.29) is 23.4 Å². The predicted molar refractivity (Wildman–Crippen MR) is 107 cm³/mol.